The van der Waals surface area contributed by atoms with Gasteiger partial charge in [-0.2, -0.15) is 0 Å². The summed E-state index contributed by atoms with van der Waals surface area (Å²) in [5, 5.41) is 5.66. The van der Waals surface area contributed by atoms with Gasteiger partial charge < -0.3 is 15.4 Å². The molecule has 1 heterocycles. The zero-order valence-electron chi connectivity index (χ0n) is 14.7. The fraction of sp³-hybridized carbons (Fsp3) is 0.0500. The van der Waals surface area contributed by atoms with E-state index in [1.165, 1.54) is 37.6 Å². The Bertz CT molecular complexity index is 1030. The van der Waals surface area contributed by atoms with Crippen LogP contribution in [0.4, 0.5) is 21.6 Å². The first-order valence-corrected chi connectivity index (χ1v) is 8.52. The molecule has 0 saturated heterocycles. The molecule has 2 N–H and O–H groups in total. The Hall–Kier alpha value is -3.45. The van der Waals surface area contributed by atoms with Crippen LogP contribution in [-0.2, 0) is 4.74 Å². The number of aromatic nitrogens is 1. The van der Waals surface area contributed by atoms with Crippen LogP contribution in [0.3, 0.4) is 0 Å². The molecular formula is C20H15ClFN3O3. The van der Waals surface area contributed by atoms with Gasteiger partial charge in [-0.15, -0.1) is 0 Å². The van der Waals surface area contributed by atoms with E-state index in [1.807, 2.05) is 0 Å². The maximum absolute atomic E-state index is 13.2. The smallest absolute Gasteiger partial charge is 0.337 e. The minimum absolute atomic E-state index is 0.00446. The van der Waals surface area contributed by atoms with Crippen LogP contribution < -0.4 is 10.6 Å². The highest BCUT2D eigenvalue weighted by molar-refractivity contribution is 6.31. The average molecular weight is 400 g/mol. The number of esters is 1. The van der Waals surface area contributed by atoms with Crippen molar-refractivity contribution in [3.05, 3.63) is 82.8 Å². The molecule has 0 saturated carbocycles. The first-order valence-electron chi connectivity index (χ1n) is 8.14. The second-order valence-corrected chi connectivity index (χ2v) is 6.12. The molecule has 3 aromatic rings. The Morgan fingerprint density at radius 2 is 1.86 bits per heavy atom. The number of anilines is 3. The third-order valence-electron chi connectivity index (χ3n) is 3.76. The van der Waals surface area contributed by atoms with Gasteiger partial charge >= 0.3 is 5.97 Å². The fourth-order valence-corrected chi connectivity index (χ4v) is 2.55. The summed E-state index contributed by atoms with van der Waals surface area (Å²) in [6, 6.07) is 13.8. The molecule has 0 atom stereocenters. The van der Waals surface area contributed by atoms with Crippen molar-refractivity contribution in [1.29, 1.82) is 0 Å². The monoisotopic (exact) mass is 399 g/mol. The second-order valence-electron chi connectivity index (χ2n) is 5.71. The number of hydrogen-bond donors (Lipinski definition) is 2. The van der Waals surface area contributed by atoms with Crippen LogP contribution in [0, 0.1) is 5.82 Å². The molecule has 8 heteroatoms. The number of carbonyl (C=O) groups is 2. The quantitative estimate of drug-likeness (QED) is 0.610. The van der Waals surface area contributed by atoms with E-state index in [0.29, 0.717) is 28.3 Å². The van der Waals surface area contributed by atoms with Crippen molar-refractivity contribution in [2.45, 2.75) is 0 Å². The van der Waals surface area contributed by atoms with Gasteiger partial charge in [0.15, 0.2) is 0 Å². The molecule has 0 aliphatic heterocycles. The van der Waals surface area contributed by atoms with Gasteiger partial charge in [0, 0.05) is 17.6 Å². The predicted molar refractivity (Wildman–Crippen MR) is 105 cm³/mol. The molecule has 2 aromatic carbocycles. The number of nitrogens with one attached hydrogen (secondary N) is 2. The number of rotatable bonds is 5. The lowest BCUT2D eigenvalue weighted by Crippen LogP contribution is -2.13. The van der Waals surface area contributed by atoms with Crippen LogP contribution >= 0.6 is 11.6 Å². The summed E-state index contributed by atoms with van der Waals surface area (Å²) < 4.78 is 17.9. The Morgan fingerprint density at radius 1 is 1.04 bits per heavy atom. The number of hydrogen-bond acceptors (Lipinski definition) is 5. The molecule has 6 nitrogen and oxygen atoms in total. The van der Waals surface area contributed by atoms with Crippen molar-refractivity contribution in [3.63, 3.8) is 0 Å². The van der Waals surface area contributed by atoms with Gasteiger partial charge in [-0.05, 0) is 48.5 Å². The molecule has 142 valence electrons. The van der Waals surface area contributed by atoms with E-state index in [1.54, 1.807) is 30.3 Å². The molecule has 0 radical (unpaired) electrons. The summed E-state index contributed by atoms with van der Waals surface area (Å²) in [6.45, 7) is 0. The third kappa shape index (κ3) is 4.63. The molecule has 0 unspecified atom stereocenters. The Kier molecular flexibility index (Phi) is 5.86. The highest BCUT2D eigenvalue weighted by atomic mass is 35.5. The van der Waals surface area contributed by atoms with Gasteiger partial charge in [0.05, 0.1) is 23.3 Å². The molecule has 28 heavy (non-hydrogen) atoms. The summed E-state index contributed by atoms with van der Waals surface area (Å²) in [5.41, 5.74) is 1.67. The average Bonchev–Trinajstić information content (AvgIpc) is 2.71. The third-order valence-corrected chi connectivity index (χ3v) is 4.05. The number of methoxy groups -OCH3 is 1. The SMILES string of the molecule is COC(=O)c1cccc(NC(=O)c2ccc(Nc3ccc(F)c(Cl)c3)nc2)c1. The van der Waals surface area contributed by atoms with Gasteiger partial charge in [-0.3, -0.25) is 4.79 Å². The Balaban J connectivity index is 1.68. The molecule has 3 rings (SSSR count). The van der Waals surface area contributed by atoms with Gasteiger partial charge in [-0.1, -0.05) is 17.7 Å². The normalized spacial score (nSPS) is 10.2. The minimum atomic E-state index is -0.511. The molecule has 0 bridgehead atoms. The van der Waals surface area contributed by atoms with Crippen molar-refractivity contribution in [1.82, 2.24) is 4.98 Å². The topological polar surface area (TPSA) is 80.3 Å². The highest BCUT2D eigenvalue weighted by Crippen LogP contribution is 2.22. The van der Waals surface area contributed by atoms with E-state index >= 15 is 0 Å². The molecule has 0 aliphatic carbocycles. The number of halogens is 2. The summed E-state index contributed by atoms with van der Waals surface area (Å²) >= 11 is 5.75. The lowest BCUT2D eigenvalue weighted by atomic mass is 10.2. The number of amides is 1. The predicted octanol–water partition coefficient (Wildman–Crippen LogP) is 4.66. The fourth-order valence-electron chi connectivity index (χ4n) is 2.37. The van der Waals surface area contributed by atoms with Gasteiger partial charge in [0.1, 0.15) is 11.6 Å². The zero-order valence-corrected chi connectivity index (χ0v) is 15.5. The first-order chi connectivity index (χ1) is 13.5. The maximum Gasteiger partial charge on any atom is 0.337 e. The number of ether oxygens (including phenoxy) is 1. The minimum Gasteiger partial charge on any atom is -0.465 e. The van der Waals surface area contributed by atoms with E-state index in [-0.39, 0.29) is 10.9 Å². The van der Waals surface area contributed by atoms with E-state index in [9.17, 15) is 14.0 Å². The van der Waals surface area contributed by atoms with E-state index < -0.39 is 11.8 Å². The molecular weight excluding hydrogens is 385 g/mol. The standard InChI is InChI=1S/C20H15ClFN3O3/c1-28-20(27)12-3-2-4-14(9-12)25-19(26)13-5-8-18(23-11-13)24-15-6-7-17(22)16(21)10-15/h2-11H,1H3,(H,23,24)(H,25,26). The van der Waals surface area contributed by atoms with Crippen LogP contribution in [0.5, 0.6) is 0 Å². The first kappa shape index (κ1) is 19.3. The molecule has 0 fully saturated rings. The maximum atomic E-state index is 13.2. The number of pyridine rings is 1. The van der Waals surface area contributed by atoms with Crippen molar-refractivity contribution in [3.8, 4) is 0 Å². The van der Waals surface area contributed by atoms with Crippen LogP contribution in [0.15, 0.2) is 60.8 Å². The molecule has 1 amide bonds. The summed E-state index contributed by atoms with van der Waals surface area (Å²) in [7, 11) is 1.29. The van der Waals surface area contributed by atoms with Crippen LogP contribution in [0.1, 0.15) is 20.7 Å². The number of benzene rings is 2. The largest absolute Gasteiger partial charge is 0.465 e. The molecule has 1 aromatic heterocycles. The summed E-state index contributed by atoms with van der Waals surface area (Å²) in [5.74, 6) is -0.921. The van der Waals surface area contributed by atoms with E-state index in [0.717, 1.165) is 0 Å². The van der Waals surface area contributed by atoms with Gasteiger partial charge in [-0.25, -0.2) is 14.2 Å². The second kappa shape index (κ2) is 8.49. The van der Waals surface area contributed by atoms with Crippen LogP contribution in [0.2, 0.25) is 5.02 Å². The Morgan fingerprint density at radius 3 is 2.54 bits per heavy atom. The van der Waals surface area contributed by atoms with E-state index in [4.69, 9.17) is 11.6 Å². The van der Waals surface area contributed by atoms with Gasteiger partial charge in [0.25, 0.3) is 5.91 Å². The van der Waals surface area contributed by atoms with Crippen molar-refractivity contribution >= 4 is 40.7 Å². The lowest BCUT2D eigenvalue weighted by Gasteiger charge is -2.09. The number of nitrogens with zero attached hydrogens (tertiary/aromatic N) is 1. The highest BCUT2D eigenvalue weighted by Gasteiger charge is 2.10. The molecule has 0 spiro atoms. The Labute approximate surface area is 165 Å². The van der Waals surface area contributed by atoms with Crippen molar-refractivity contribution < 1.29 is 18.7 Å². The summed E-state index contributed by atoms with van der Waals surface area (Å²) in [4.78, 5) is 28.1. The lowest BCUT2D eigenvalue weighted by molar-refractivity contribution is 0.0600. The van der Waals surface area contributed by atoms with Crippen LogP contribution in [-0.4, -0.2) is 24.0 Å². The van der Waals surface area contributed by atoms with Crippen molar-refractivity contribution in [2.24, 2.45) is 0 Å². The molecule has 0 aliphatic rings. The van der Waals surface area contributed by atoms with Gasteiger partial charge in [0.2, 0.25) is 0 Å². The van der Waals surface area contributed by atoms with Crippen molar-refractivity contribution in [2.75, 3.05) is 17.7 Å². The van der Waals surface area contributed by atoms with E-state index in [2.05, 4.69) is 20.4 Å². The zero-order chi connectivity index (χ0) is 20.1. The number of carbonyl (C=O) groups excluding carboxylic acids is 2. The van der Waals surface area contributed by atoms with Crippen LogP contribution in [0.25, 0.3) is 0 Å². The summed E-state index contributed by atoms with van der Waals surface area (Å²) in [6.07, 6.45) is 1.40.